The second kappa shape index (κ2) is 9.94. The van der Waals surface area contributed by atoms with Crippen molar-refractivity contribution in [2.75, 3.05) is 6.54 Å². The molecule has 31 heavy (non-hydrogen) atoms. The highest BCUT2D eigenvalue weighted by atomic mass is 16.4. The van der Waals surface area contributed by atoms with E-state index in [1.807, 2.05) is 36.5 Å². The van der Waals surface area contributed by atoms with Gasteiger partial charge in [0, 0.05) is 24.3 Å². The van der Waals surface area contributed by atoms with Gasteiger partial charge < -0.3 is 10.1 Å². The SMILES string of the molecule is Cc1cc(-c2ccc(CCN(C#N)C(=O)N(C(=O)O)C3CCCCC3)cc2)c[nH]c1=O. The summed E-state index contributed by atoms with van der Waals surface area (Å²) in [5.41, 5.74) is 3.25. The number of urea groups is 1. The lowest BCUT2D eigenvalue weighted by Gasteiger charge is -2.32. The van der Waals surface area contributed by atoms with Gasteiger partial charge in [0.25, 0.3) is 5.56 Å². The lowest BCUT2D eigenvalue weighted by Crippen LogP contribution is -2.50. The molecule has 0 bridgehead atoms. The molecule has 8 heteroatoms. The van der Waals surface area contributed by atoms with Gasteiger partial charge in [0.2, 0.25) is 0 Å². The Morgan fingerprint density at radius 2 is 1.84 bits per heavy atom. The molecular formula is C23H26N4O4. The molecule has 0 aliphatic heterocycles. The molecule has 0 saturated heterocycles. The summed E-state index contributed by atoms with van der Waals surface area (Å²) in [7, 11) is 0. The minimum atomic E-state index is -1.31. The molecule has 0 radical (unpaired) electrons. The van der Waals surface area contributed by atoms with Crippen molar-refractivity contribution in [1.82, 2.24) is 14.8 Å². The number of carbonyl (C=O) groups is 2. The maximum atomic E-state index is 12.8. The van der Waals surface area contributed by atoms with Crippen molar-refractivity contribution in [3.05, 3.63) is 58.0 Å². The first-order valence-electron chi connectivity index (χ1n) is 10.4. The minimum absolute atomic E-state index is 0.100. The molecule has 3 rings (SSSR count). The number of imide groups is 1. The normalized spacial score (nSPS) is 13.9. The fourth-order valence-electron chi connectivity index (χ4n) is 3.92. The van der Waals surface area contributed by atoms with Crippen LogP contribution in [0.2, 0.25) is 0 Å². The van der Waals surface area contributed by atoms with Crippen LogP contribution in [-0.2, 0) is 6.42 Å². The Hall–Kier alpha value is -3.60. The van der Waals surface area contributed by atoms with Gasteiger partial charge >= 0.3 is 12.1 Å². The highest BCUT2D eigenvalue weighted by molar-refractivity contribution is 5.91. The van der Waals surface area contributed by atoms with E-state index in [1.165, 1.54) is 0 Å². The molecule has 8 nitrogen and oxygen atoms in total. The Morgan fingerprint density at radius 3 is 2.42 bits per heavy atom. The number of hydrogen-bond acceptors (Lipinski definition) is 4. The molecule has 2 aromatic rings. The van der Waals surface area contributed by atoms with E-state index in [4.69, 9.17) is 0 Å². The summed E-state index contributed by atoms with van der Waals surface area (Å²) in [6, 6.07) is 8.28. The molecule has 1 aliphatic carbocycles. The Kier molecular flexibility index (Phi) is 7.08. The number of carbonyl (C=O) groups excluding carboxylic acids is 1. The molecule has 1 aromatic carbocycles. The second-order valence-corrected chi connectivity index (χ2v) is 7.83. The predicted molar refractivity (Wildman–Crippen MR) is 115 cm³/mol. The zero-order chi connectivity index (χ0) is 22.4. The van der Waals surface area contributed by atoms with Crippen molar-refractivity contribution in [2.24, 2.45) is 0 Å². The maximum Gasteiger partial charge on any atom is 0.415 e. The summed E-state index contributed by atoms with van der Waals surface area (Å²) < 4.78 is 0. The van der Waals surface area contributed by atoms with E-state index in [-0.39, 0.29) is 18.1 Å². The molecule has 1 aliphatic rings. The topological polar surface area (TPSA) is 118 Å². The highest BCUT2D eigenvalue weighted by Crippen LogP contribution is 2.24. The van der Waals surface area contributed by atoms with E-state index in [1.54, 1.807) is 13.1 Å². The highest BCUT2D eigenvalue weighted by Gasteiger charge is 2.33. The molecule has 1 aromatic heterocycles. The number of nitriles is 1. The molecule has 2 N–H and O–H groups in total. The average molecular weight is 422 g/mol. The molecule has 1 saturated carbocycles. The number of rotatable bonds is 5. The Labute approximate surface area is 180 Å². The van der Waals surface area contributed by atoms with Crippen LogP contribution in [0.15, 0.2) is 41.3 Å². The maximum absolute atomic E-state index is 12.8. The van der Waals surface area contributed by atoms with E-state index in [9.17, 15) is 24.8 Å². The summed E-state index contributed by atoms with van der Waals surface area (Å²) in [4.78, 5) is 40.4. The van der Waals surface area contributed by atoms with Crippen molar-refractivity contribution in [3.63, 3.8) is 0 Å². The molecular weight excluding hydrogens is 396 g/mol. The number of aromatic amines is 1. The van der Waals surface area contributed by atoms with E-state index in [0.717, 1.165) is 45.8 Å². The molecule has 1 fully saturated rings. The first-order valence-corrected chi connectivity index (χ1v) is 10.4. The molecule has 162 valence electrons. The van der Waals surface area contributed by atoms with Gasteiger partial charge in [-0.05, 0) is 48.9 Å². The van der Waals surface area contributed by atoms with Crippen LogP contribution in [0.1, 0.15) is 43.2 Å². The predicted octanol–water partition coefficient (Wildman–Crippen LogP) is 4.11. The minimum Gasteiger partial charge on any atom is -0.465 e. The van der Waals surface area contributed by atoms with Gasteiger partial charge in [-0.15, -0.1) is 0 Å². The summed E-state index contributed by atoms with van der Waals surface area (Å²) in [5, 5.41) is 19.0. The van der Waals surface area contributed by atoms with Gasteiger partial charge in [-0.1, -0.05) is 43.5 Å². The molecule has 0 atom stereocenters. The van der Waals surface area contributed by atoms with Crippen LogP contribution in [0.5, 0.6) is 0 Å². The van der Waals surface area contributed by atoms with Crippen molar-refractivity contribution in [1.29, 1.82) is 5.26 Å². The van der Waals surface area contributed by atoms with Gasteiger partial charge in [0.1, 0.15) is 0 Å². The lowest BCUT2D eigenvalue weighted by molar-refractivity contribution is 0.110. The first kappa shape index (κ1) is 22.1. The first-order chi connectivity index (χ1) is 14.9. The second-order valence-electron chi connectivity index (χ2n) is 7.83. The average Bonchev–Trinajstić information content (AvgIpc) is 2.77. The smallest absolute Gasteiger partial charge is 0.415 e. The van der Waals surface area contributed by atoms with E-state index >= 15 is 0 Å². The third-order valence-corrected chi connectivity index (χ3v) is 5.70. The summed E-state index contributed by atoms with van der Waals surface area (Å²) in [5.74, 6) is 0. The third-order valence-electron chi connectivity index (χ3n) is 5.70. The van der Waals surface area contributed by atoms with Crippen molar-refractivity contribution in [2.45, 2.75) is 51.5 Å². The standard InChI is InChI=1S/C23H26N4O4/c1-16-13-19(14-25-21(16)28)18-9-7-17(8-10-18)11-12-26(15-24)22(29)27(23(30)31)20-5-3-2-4-6-20/h7-10,13-14,20H,2-6,11-12H2,1H3,(H,25,28)(H,30,31). The van der Waals surface area contributed by atoms with Gasteiger partial charge in [0.05, 0.1) is 0 Å². The number of H-pyrrole nitrogens is 1. The number of nitrogens with one attached hydrogen (secondary N) is 1. The number of amides is 3. The third kappa shape index (κ3) is 5.31. The number of aromatic nitrogens is 1. The van der Waals surface area contributed by atoms with E-state index < -0.39 is 12.1 Å². The van der Waals surface area contributed by atoms with Crippen molar-refractivity contribution >= 4 is 12.1 Å². The Balaban J connectivity index is 1.66. The van der Waals surface area contributed by atoms with Crippen LogP contribution in [0, 0.1) is 18.4 Å². The quantitative estimate of drug-likeness (QED) is 0.555. The van der Waals surface area contributed by atoms with Crippen LogP contribution < -0.4 is 5.56 Å². The fraction of sp³-hybridized carbons (Fsp3) is 0.391. The van der Waals surface area contributed by atoms with E-state index in [0.29, 0.717) is 24.8 Å². The van der Waals surface area contributed by atoms with E-state index in [2.05, 4.69) is 4.98 Å². The number of benzene rings is 1. The van der Waals surface area contributed by atoms with Gasteiger partial charge in [-0.3, -0.25) is 4.79 Å². The van der Waals surface area contributed by atoms with Crippen LogP contribution >= 0.6 is 0 Å². The zero-order valence-electron chi connectivity index (χ0n) is 17.5. The number of aryl methyl sites for hydroxylation is 1. The number of nitrogens with zero attached hydrogens (tertiary/aromatic N) is 3. The lowest BCUT2D eigenvalue weighted by atomic mass is 9.94. The fourth-order valence-corrected chi connectivity index (χ4v) is 3.92. The summed E-state index contributed by atoms with van der Waals surface area (Å²) >= 11 is 0. The van der Waals surface area contributed by atoms with Gasteiger partial charge in [-0.2, -0.15) is 5.26 Å². The zero-order valence-corrected chi connectivity index (χ0v) is 17.5. The Bertz CT molecular complexity index is 1030. The molecule has 3 amide bonds. The van der Waals surface area contributed by atoms with Gasteiger partial charge in [0.15, 0.2) is 6.19 Å². The van der Waals surface area contributed by atoms with Crippen LogP contribution in [0.4, 0.5) is 9.59 Å². The number of carboxylic acid groups (broad SMARTS) is 1. The van der Waals surface area contributed by atoms with Crippen LogP contribution in [-0.4, -0.2) is 44.6 Å². The molecule has 0 spiro atoms. The Morgan fingerprint density at radius 1 is 1.16 bits per heavy atom. The summed E-state index contributed by atoms with van der Waals surface area (Å²) in [6.45, 7) is 1.85. The van der Waals surface area contributed by atoms with Crippen LogP contribution in [0.25, 0.3) is 11.1 Å². The van der Waals surface area contributed by atoms with Crippen molar-refractivity contribution < 1.29 is 14.7 Å². The summed E-state index contributed by atoms with van der Waals surface area (Å²) in [6.07, 6.45) is 6.70. The molecule has 1 heterocycles. The monoisotopic (exact) mass is 422 g/mol. The number of hydrogen-bond donors (Lipinski definition) is 2. The van der Waals surface area contributed by atoms with Gasteiger partial charge in [-0.25, -0.2) is 19.4 Å². The number of pyridine rings is 1. The largest absolute Gasteiger partial charge is 0.465 e. The van der Waals surface area contributed by atoms with Crippen LogP contribution in [0.3, 0.4) is 0 Å². The van der Waals surface area contributed by atoms with Crippen molar-refractivity contribution in [3.8, 4) is 17.3 Å². The molecule has 0 unspecified atom stereocenters.